The first-order chi connectivity index (χ1) is 10.4. The highest BCUT2D eigenvalue weighted by Gasteiger charge is 2.35. The summed E-state index contributed by atoms with van der Waals surface area (Å²) in [5, 5.41) is 6.74. The maximum atomic E-state index is 12.9. The van der Waals surface area contributed by atoms with Crippen LogP contribution in [0.1, 0.15) is 47.5 Å². The summed E-state index contributed by atoms with van der Waals surface area (Å²) in [6.45, 7) is 13.3. The summed E-state index contributed by atoms with van der Waals surface area (Å²) in [6, 6.07) is 0.536. The van der Waals surface area contributed by atoms with Crippen molar-refractivity contribution in [3.05, 3.63) is 0 Å². The molecule has 7 heteroatoms. The minimum Gasteiger partial charge on any atom is -0.373 e. The molecule has 1 amide bonds. The Morgan fingerprint density at radius 2 is 1.75 bits per heavy atom. The Hall–Kier alpha value is -0.0700. The Labute approximate surface area is 159 Å². The highest BCUT2D eigenvalue weighted by molar-refractivity contribution is 5.85. The lowest BCUT2D eigenvalue weighted by Crippen LogP contribution is -2.60. The summed E-state index contributed by atoms with van der Waals surface area (Å²) >= 11 is 0. The Morgan fingerprint density at radius 1 is 1.17 bits per heavy atom. The number of nitrogens with one attached hydrogen (secondary N) is 2. The predicted molar refractivity (Wildman–Crippen MR) is 103 cm³/mol. The maximum absolute atomic E-state index is 12.9. The second kappa shape index (κ2) is 10.8. The van der Waals surface area contributed by atoms with Gasteiger partial charge in [0.15, 0.2) is 0 Å². The molecule has 2 rings (SSSR count). The number of hydrogen-bond donors (Lipinski definition) is 2. The van der Waals surface area contributed by atoms with Gasteiger partial charge in [-0.15, -0.1) is 24.8 Å². The summed E-state index contributed by atoms with van der Waals surface area (Å²) in [6.07, 6.45) is 2.58. The van der Waals surface area contributed by atoms with Gasteiger partial charge in [-0.3, -0.25) is 9.69 Å². The van der Waals surface area contributed by atoms with E-state index in [1.165, 1.54) is 0 Å². The van der Waals surface area contributed by atoms with E-state index in [4.69, 9.17) is 4.74 Å². The summed E-state index contributed by atoms with van der Waals surface area (Å²) in [7, 11) is 0. The fourth-order valence-electron chi connectivity index (χ4n) is 3.84. The molecule has 0 bridgehead atoms. The number of morpholine rings is 1. The van der Waals surface area contributed by atoms with Gasteiger partial charge >= 0.3 is 0 Å². The zero-order valence-corrected chi connectivity index (χ0v) is 17.2. The Balaban J connectivity index is 0.00000264. The minimum atomic E-state index is -0.0667. The number of nitrogens with zero attached hydrogens (tertiary/aromatic N) is 1. The lowest BCUT2D eigenvalue weighted by molar-refractivity contribution is -0.136. The summed E-state index contributed by atoms with van der Waals surface area (Å²) < 4.78 is 5.81. The van der Waals surface area contributed by atoms with Crippen molar-refractivity contribution in [1.82, 2.24) is 15.5 Å². The Morgan fingerprint density at radius 3 is 2.25 bits per heavy atom. The molecule has 5 unspecified atom stereocenters. The van der Waals surface area contributed by atoms with E-state index in [1.54, 1.807) is 0 Å². The number of carbonyl (C=O) groups is 1. The lowest BCUT2D eigenvalue weighted by atomic mass is 9.96. The van der Waals surface area contributed by atoms with Crippen molar-refractivity contribution in [3.8, 4) is 0 Å². The van der Waals surface area contributed by atoms with Crippen LogP contribution >= 0.6 is 24.8 Å². The molecule has 5 atom stereocenters. The first-order valence-electron chi connectivity index (χ1n) is 8.81. The number of amides is 1. The summed E-state index contributed by atoms with van der Waals surface area (Å²) in [5.74, 6) is 0.473. The van der Waals surface area contributed by atoms with Crippen LogP contribution in [0.4, 0.5) is 0 Å². The molecule has 0 aliphatic carbocycles. The second-order valence-electron chi connectivity index (χ2n) is 7.40. The average molecular weight is 384 g/mol. The van der Waals surface area contributed by atoms with Crippen LogP contribution in [0, 0.1) is 5.92 Å². The monoisotopic (exact) mass is 383 g/mol. The van der Waals surface area contributed by atoms with Gasteiger partial charge in [0.2, 0.25) is 5.91 Å². The van der Waals surface area contributed by atoms with E-state index in [-0.39, 0.29) is 55.0 Å². The molecule has 0 aromatic heterocycles. The zero-order chi connectivity index (χ0) is 16.3. The zero-order valence-electron chi connectivity index (χ0n) is 15.6. The number of hydrogen-bond acceptors (Lipinski definition) is 4. The van der Waals surface area contributed by atoms with Gasteiger partial charge in [-0.1, -0.05) is 13.8 Å². The predicted octanol–water partition coefficient (Wildman–Crippen LogP) is 2.22. The van der Waals surface area contributed by atoms with Crippen molar-refractivity contribution >= 4 is 30.7 Å². The topological polar surface area (TPSA) is 53.6 Å². The molecule has 0 spiro atoms. The van der Waals surface area contributed by atoms with Gasteiger partial charge in [0.25, 0.3) is 0 Å². The van der Waals surface area contributed by atoms with E-state index < -0.39 is 0 Å². The number of rotatable bonds is 4. The summed E-state index contributed by atoms with van der Waals surface area (Å²) in [4.78, 5) is 15.2. The molecule has 0 saturated carbocycles. The number of carbonyl (C=O) groups excluding carboxylic acids is 1. The van der Waals surface area contributed by atoms with Crippen LogP contribution in [0.2, 0.25) is 0 Å². The first kappa shape index (κ1) is 23.9. The van der Waals surface area contributed by atoms with Gasteiger partial charge in [0.1, 0.15) is 0 Å². The van der Waals surface area contributed by atoms with Crippen LogP contribution < -0.4 is 10.6 Å². The molecule has 0 aromatic carbocycles. The molecule has 2 saturated heterocycles. The van der Waals surface area contributed by atoms with Gasteiger partial charge < -0.3 is 15.4 Å². The normalized spacial score (nSPS) is 32.4. The smallest absolute Gasteiger partial charge is 0.237 e. The van der Waals surface area contributed by atoms with E-state index >= 15 is 0 Å². The molecule has 2 aliphatic heterocycles. The second-order valence-corrected chi connectivity index (χ2v) is 7.40. The van der Waals surface area contributed by atoms with Crippen molar-refractivity contribution < 1.29 is 9.53 Å². The Bertz CT molecular complexity index is 375. The van der Waals surface area contributed by atoms with Crippen molar-refractivity contribution in [2.45, 2.75) is 77.8 Å². The number of ether oxygens (including phenoxy) is 1. The van der Waals surface area contributed by atoms with Crippen LogP contribution in [0.15, 0.2) is 0 Å². The van der Waals surface area contributed by atoms with Crippen molar-refractivity contribution in [1.29, 1.82) is 0 Å². The van der Waals surface area contributed by atoms with Crippen molar-refractivity contribution in [3.63, 3.8) is 0 Å². The third-order valence-corrected chi connectivity index (χ3v) is 4.83. The molecule has 0 radical (unpaired) electrons. The molecular weight excluding hydrogens is 349 g/mol. The molecule has 2 heterocycles. The van der Waals surface area contributed by atoms with Gasteiger partial charge in [-0.05, 0) is 46.1 Å². The molecule has 144 valence electrons. The standard InChI is InChI=1S/C17H33N3O2.2ClH/c1-11(2)16(20-9-12(3)22-13(4)10-20)17(21)19-15-7-6-8-18-14(15)5;;/h11-16,18H,6-10H2,1-5H3,(H,19,21);2*1H. The number of halogens is 2. The van der Waals surface area contributed by atoms with E-state index in [9.17, 15) is 4.79 Å². The van der Waals surface area contributed by atoms with Gasteiger partial charge in [-0.25, -0.2) is 0 Å². The van der Waals surface area contributed by atoms with E-state index in [1.807, 2.05) is 0 Å². The Kier molecular flexibility index (Phi) is 10.8. The maximum Gasteiger partial charge on any atom is 0.237 e. The molecule has 24 heavy (non-hydrogen) atoms. The fourth-order valence-corrected chi connectivity index (χ4v) is 3.84. The molecular formula is C17H35Cl2N3O2. The molecule has 2 fully saturated rings. The van der Waals surface area contributed by atoms with Crippen LogP contribution in [0.3, 0.4) is 0 Å². The largest absolute Gasteiger partial charge is 0.373 e. The van der Waals surface area contributed by atoms with E-state index in [0.29, 0.717) is 12.0 Å². The third-order valence-electron chi connectivity index (χ3n) is 4.83. The SMILES string of the molecule is CC1CN(C(C(=O)NC2CCCNC2C)C(C)C)CC(C)O1.Cl.Cl. The van der Waals surface area contributed by atoms with E-state index in [0.717, 1.165) is 32.5 Å². The number of piperidine rings is 1. The summed E-state index contributed by atoms with van der Waals surface area (Å²) in [5.41, 5.74) is 0. The quantitative estimate of drug-likeness (QED) is 0.781. The minimum absolute atomic E-state index is 0. The van der Waals surface area contributed by atoms with E-state index in [2.05, 4.69) is 50.2 Å². The van der Waals surface area contributed by atoms with Gasteiger partial charge in [0.05, 0.1) is 18.2 Å². The average Bonchev–Trinajstić information content (AvgIpc) is 2.40. The van der Waals surface area contributed by atoms with Crippen molar-refractivity contribution in [2.24, 2.45) is 5.92 Å². The van der Waals surface area contributed by atoms with Gasteiger partial charge in [-0.2, -0.15) is 0 Å². The van der Waals surface area contributed by atoms with Gasteiger partial charge in [0, 0.05) is 25.2 Å². The highest BCUT2D eigenvalue weighted by atomic mass is 35.5. The molecule has 5 nitrogen and oxygen atoms in total. The first-order valence-corrected chi connectivity index (χ1v) is 8.81. The molecule has 0 aromatic rings. The van der Waals surface area contributed by atoms with Crippen molar-refractivity contribution in [2.75, 3.05) is 19.6 Å². The molecule has 2 aliphatic rings. The molecule has 2 N–H and O–H groups in total. The lowest BCUT2D eigenvalue weighted by Gasteiger charge is -2.42. The van der Waals surface area contributed by atoms with Crippen LogP contribution in [-0.2, 0) is 9.53 Å². The highest BCUT2D eigenvalue weighted by Crippen LogP contribution is 2.19. The fraction of sp³-hybridized carbons (Fsp3) is 0.941. The van der Waals surface area contributed by atoms with Crippen LogP contribution in [0.25, 0.3) is 0 Å². The van der Waals surface area contributed by atoms with Crippen LogP contribution in [0.5, 0.6) is 0 Å². The third kappa shape index (κ3) is 6.34. The van der Waals surface area contributed by atoms with Crippen LogP contribution in [-0.4, -0.2) is 60.8 Å².